The number of nitrogens with one attached hydrogen (secondary N) is 1. The molecule has 0 radical (unpaired) electrons. The summed E-state index contributed by atoms with van der Waals surface area (Å²) >= 11 is 0. The van der Waals surface area contributed by atoms with Crippen LogP contribution in [0.3, 0.4) is 0 Å². The maximum atomic E-state index is 13.8. The van der Waals surface area contributed by atoms with Gasteiger partial charge in [0.1, 0.15) is 5.75 Å². The number of para-hydroxylation sites is 2. The maximum absolute atomic E-state index is 13.8. The van der Waals surface area contributed by atoms with Crippen molar-refractivity contribution in [1.82, 2.24) is 9.62 Å². The molecule has 2 heterocycles. The van der Waals surface area contributed by atoms with E-state index in [1.54, 1.807) is 11.0 Å². The summed E-state index contributed by atoms with van der Waals surface area (Å²) in [4.78, 5) is 28.9. The highest BCUT2D eigenvalue weighted by Crippen LogP contribution is 2.36. The summed E-state index contributed by atoms with van der Waals surface area (Å²) in [7, 11) is -3.68. The van der Waals surface area contributed by atoms with Crippen molar-refractivity contribution in [1.29, 1.82) is 0 Å². The average Bonchev–Trinajstić information content (AvgIpc) is 2.96. The van der Waals surface area contributed by atoms with Gasteiger partial charge in [0.25, 0.3) is 5.91 Å². The Morgan fingerprint density at radius 2 is 1.56 bits per heavy atom. The van der Waals surface area contributed by atoms with Gasteiger partial charge in [0.15, 0.2) is 6.10 Å². The van der Waals surface area contributed by atoms with Crippen LogP contribution < -0.4 is 15.0 Å². The molecular formula is C32H37N3O5S. The molecule has 0 aliphatic carbocycles. The lowest BCUT2D eigenvalue weighted by Gasteiger charge is -2.38. The number of carbonyl (C=O) groups excluding carboxylic acids is 2. The van der Waals surface area contributed by atoms with Gasteiger partial charge in [-0.3, -0.25) is 9.59 Å². The third-order valence-corrected chi connectivity index (χ3v) is 10.1. The predicted octanol–water partition coefficient (Wildman–Crippen LogP) is 4.17. The van der Waals surface area contributed by atoms with Crippen LogP contribution in [-0.2, 0) is 26.0 Å². The molecule has 1 saturated heterocycles. The normalized spacial score (nSPS) is 17.9. The monoisotopic (exact) mass is 575 g/mol. The molecule has 216 valence electrons. The van der Waals surface area contributed by atoms with E-state index in [-0.39, 0.29) is 37.4 Å². The first-order valence-electron chi connectivity index (χ1n) is 14.1. The SMILES string of the molecule is Cc1cc(C)c(S(=O)(=O)N2CCC(C(=O)N3CC(C(=O)NCCc4ccccc4)Oc4ccccc43)CC2)c(C)c1. The minimum Gasteiger partial charge on any atom is -0.477 e. The Balaban J connectivity index is 1.25. The van der Waals surface area contributed by atoms with Gasteiger partial charge in [-0.25, -0.2) is 8.42 Å². The molecule has 3 aromatic carbocycles. The Bertz CT molecular complexity index is 1510. The zero-order valence-electron chi connectivity index (χ0n) is 23.8. The smallest absolute Gasteiger partial charge is 0.262 e. The maximum Gasteiger partial charge on any atom is 0.262 e. The minimum atomic E-state index is -3.68. The Morgan fingerprint density at radius 3 is 2.24 bits per heavy atom. The van der Waals surface area contributed by atoms with E-state index in [0.717, 1.165) is 22.3 Å². The molecule has 8 nitrogen and oxygen atoms in total. The second-order valence-corrected chi connectivity index (χ2v) is 12.8. The predicted molar refractivity (Wildman–Crippen MR) is 159 cm³/mol. The average molecular weight is 576 g/mol. The lowest BCUT2D eigenvalue weighted by atomic mass is 9.95. The molecule has 9 heteroatoms. The van der Waals surface area contributed by atoms with E-state index < -0.39 is 16.1 Å². The van der Waals surface area contributed by atoms with Crippen molar-refractivity contribution < 1.29 is 22.7 Å². The number of carbonyl (C=O) groups is 2. The second-order valence-electron chi connectivity index (χ2n) is 11.0. The van der Waals surface area contributed by atoms with Gasteiger partial charge in [0.2, 0.25) is 15.9 Å². The molecule has 1 fully saturated rings. The van der Waals surface area contributed by atoms with Gasteiger partial charge >= 0.3 is 0 Å². The van der Waals surface area contributed by atoms with Gasteiger partial charge in [-0.1, -0.05) is 60.2 Å². The number of rotatable bonds is 7. The Kier molecular flexibility index (Phi) is 8.47. The summed E-state index contributed by atoms with van der Waals surface area (Å²) in [5, 5.41) is 2.95. The Morgan fingerprint density at radius 1 is 0.927 bits per heavy atom. The van der Waals surface area contributed by atoms with Gasteiger partial charge in [-0.05, 0) is 68.9 Å². The van der Waals surface area contributed by atoms with E-state index in [1.807, 2.05) is 81.4 Å². The largest absolute Gasteiger partial charge is 0.477 e. The lowest BCUT2D eigenvalue weighted by Crippen LogP contribution is -2.53. The van der Waals surface area contributed by atoms with Crippen LogP contribution in [0.2, 0.25) is 0 Å². The van der Waals surface area contributed by atoms with Gasteiger partial charge in [-0.15, -0.1) is 0 Å². The van der Waals surface area contributed by atoms with E-state index in [2.05, 4.69) is 5.32 Å². The minimum absolute atomic E-state index is 0.104. The van der Waals surface area contributed by atoms with Crippen LogP contribution in [0.5, 0.6) is 5.75 Å². The second kappa shape index (κ2) is 12.0. The number of benzene rings is 3. The number of nitrogens with zero attached hydrogens (tertiary/aromatic N) is 2. The first kappa shape index (κ1) is 28.8. The highest BCUT2D eigenvalue weighted by molar-refractivity contribution is 7.89. The fourth-order valence-electron chi connectivity index (χ4n) is 5.93. The molecule has 0 bridgehead atoms. The number of aryl methyl sites for hydroxylation is 3. The fraction of sp³-hybridized carbons (Fsp3) is 0.375. The summed E-state index contributed by atoms with van der Waals surface area (Å²) in [6.45, 7) is 6.71. The number of fused-ring (bicyclic) bond motifs is 1. The van der Waals surface area contributed by atoms with E-state index in [9.17, 15) is 18.0 Å². The molecular weight excluding hydrogens is 538 g/mol. The summed E-state index contributed by atoms with van der Waals surface area (Å²) in [5.41, 5.74) is 4.25. The third kappa shape index (κ3) is 6.16. The van der Waals surface area contributed by atoms with Gasteiger partial charge in [0.05, 0.1) is 17.1 Å². The van der Waals surface area contributed by atoms with Crippen LogP contribution in [0.4, 0.5) is 5.69 Å². The van der Waals surface area contributed by atoms with E-state index in [4.69, 9.17) is 4.74 Å². The molecule has 1 unspecified atom stereocenters. The summed E-state index contributed by atoms with van der Waals surface area (Å²) in [5.74, 6) is -0.240. The molecule has 3 aromatic rings. The van der Waals surface area contributed by atoms with Crippen molar-refractivity contribution in [3.63, 3.8) is 0 Å². The molecule has 5 rings (SSSR count). The molecule has 41 heavy (non-hydrogen) atoms. The summed E-state index contributed by atoms with van der Waals surface area (Å²) < 4.78 is 34.6. The Hall–Kier alpha value is -3.69. The van der Waals surface area contributed by atoms with Crippen LogP contribution in [-0.4, -0.2) is 56.8 Å². The molecule has 0 aromatic heterocycles. The quantitative estimate of drug-likeness (QED) is 0.456. The number of amides is 2. The molecule has 2 aliphatic heterocycles. The van der Waals surface area contributed by atoms with E-state index in [0.29, 0.717) is 42.1 Å². The Labute approximate surface area is 242 Å². The number of hydrogen-bond donors (Lipinski definition) is 1. The van der Waals surface area contributed by atoms with Crippen LogP contribution >= 0.6 is 0 Å². The standard InChI is InChI=1S/C32H37N3O5S/c1-22-19-23(2)30(24(3)20-22)41(38,39)34-17-14-26(15-18-34)32(37)35-21-29(40-28-12-8-7-11-27(28)35)31(36)33-16-13-25-9-5-4-6-10-25/h4-12,19-20,26,29H,13-18,21H2,1-3H3,(H,33,36). The van der Waals surface area contributed by atoms with Crippen molar-refractivity contribution >= 4 is 27.5 Å². The zero-order valence-corrected chi connectivity index (χ0v) is 24.6. The molecule has 0 spiro atoms. The highest BCUT2D eigenvalue weighted by Gasteiger charge is 2.39. The van der Waals surface area contributed by atoms with Crippen LogP contribution in [0.1, 0.15) is 35.1 Å². The number of ether oxygens (including phenoxy) is 1. The van der Waals surface area contributed by atoms with Crippen molar-refractivity contribution in [3.8, 4) is 5.75 Å². The van der Waals surface area contributed by atoms with Crippen molar-refractivity contribution in [2.24, 2.45) is 5.92 Å². The summed E-state index contributed by atoms with van der Waals surface area (Å²) in [6.07, 6.45) is 0.685. The molecule has 1 atom stereocenters. The molecule has 2 amide bonds. The molecule has 2 aliphatic rings. The molecule has 0 saturated carbocycles. The number of piperidine rings is 1. The van der Waals surface area contributed by atoms with E-state index >= 15 is 0 Å². The van der Waals surface area contributed by atoms with Crippen LogP contribution in [0, 0.1) is 26.7 Å². The number of sulfonamides is 1. The molecule has 1 N–H and O–H groups in total. The topological polar surface area (TPSA) is 96.0 Å². The van der Waals surface area contributed by atoms with E-state index in [1.165, 1.54) is 4.31 Å². The zero-order chi connectivity index (χ0) is 29.1. The number of hydrogen-bond acceptors (Lipinski definition) is 5. The van der Waals surface area contributed by atoms with Crippen molar-refractivity contribution in [2.75, 3.05) is 31.1 Å². The first-order valence-corrected chi connectivity index (χ1v) is 15.6. The summed E-state index contributed by atoms with van der Waals surface area (Å²) in [6, 6.07) is 20.9. The van der Waals surface area contributed by atoms with Crippen molar-refractivity contribution in [3.05, 3.63) is 89.0 Å². The number of anilines is 1. The first-order chi connectivity index (χ1) is 19.6. The van der Waals surface area contributed by atoms with Gasteiger partial charge < -0.3 is 15.0 Å². The van der Waals surface area contributed by atoms with Crippen molar-refractivity contribution in [2.45, 2.75) is 51.0 Å². The van der Waals surface area contributed by atoms with Gasteiger partial charge in [-0.2, -0.15) is 4.31 Å². The van der Waals surface area contributed by atoms with Crippen LogP contribution in [0.25, 0.3) is 0 Å². The highest BCUT2D eigenvalue weighted by atomic mass is 32.2. The lowest BCUT2D eigenvalue weighted by molar-refractivity contribution is -0.129. The van der Waals surface area contributed by atoms with Gasteiger partial charge in [0, 0.05) is 25.6 Å². The third-order valence-electron chi connectivity index (χ3n) is 7.89. The fourth-order valence-corrected chi connectivity index (χ4v) is 7.82. The van der Waals surface area contributed by atoms with Crippen LogP contribution in [0.15, 0.2) is 71.6 Å².